The fourth-order valence-electron chi connectivity index (χ4n) is 1.48. The Morgan fingerprint density at radius 3 is 3.00 bits per heavy atom. The average Bonchev–Trinajstić information content (AvgIpc) is 2.60. The van der Waals surface area contributed by atoms with E-state index in [4.69, 9.17) is 0 Å². The summed E-state index contributed by atoms with van der Waals surface area (Å²) in [5, 5.41) is 4.55. The average molecular weight is 186 g/mol. The van der Waals surface area contributed by atoms with E-state index in [-0.39, 0.29) is 0 Å². The van der Waals surface area contributed by atoms with Gasteiger partial charge >= 0.3 is 0 Å². The quantitative estimate of drug-likeness (QED) is 0.557. The summed E-state index contributed by atoms with van der Waals surface area (Å²) in [7, 11) is 0. The van der Waals surface area contributed by atoms with Crippen LogP contribution in [0.4, 0.5) is 5.82 Å². The molecular formula is C12H14N2. The molecule has 0 saturated carbocycles. The Balaban J connectivity index is 2.14. The molecule has 0 bridgehead atoms. The van der Waals surface area contributed by atoms with Crippen LogP contribution in [-0.2, 0) is 0 Å². The summed E-state index contributed by atoms with van der Waals surface area (Å²) in [6.45, 7) is 4.61. The Morgan fingerprint density at radius 2 is 2.21 bits per heavy atom. The van der Waals surface area contributed by atoms with Gasteiger partial charge in [-0.25, -0.2) is 0 Å². The largest absolute Gasteiger partial charge is 0.371 e. The number of anilines is 1. The van der Waals surface area contributed by atoms with Gasteiger partial charge in [0, 0.05) is 17.4 Å². The minimum Gasteiger partial charge on any atom is -0.371 e. The number of fused-ring (bicyclic) bond motifs is 1. The second-order valence-corrected chi connectivity index (χ2v) is 3.27. The van der Waals surface area contributed by atoms with E-state index in [1.54, 1.807) is 0 Å². The lowest BCUT2D eigenvalue weighted by molar-refractivity contribution is 1.06. The summed E-state index contributed by atoms with van der Waals surface area (Å²) in [5.41, 5.74) is 1.17. The van der Waals surface area contributed by atoms with Crippen molar-refractivity contribution >= 4 is 16.7 Å². The number of H-pyrrole nitrogens is 1. The lowest BCUT2D eigenvalue weighted by atomic mass is 10.2. The molecule has 0 aliphatic heterocycles. The van der Waals surface area contributed by atoms with Gasteiger partial charge in [0.25, 0.3) is 0 Å². The van der Waals surface area contributed by atoms with Crippen LogP contribution in [0.3, 0.4) is 0 Å². The van der Waals surface area contributed by atoms with E-state index < -0.39 is 0 Å². The first-order valence-corrected chi connectivity index (χ1v) is 4.82. The third kappa shape index (κ3) is 1.79. The molecule has 1 aromatic carbocycles. The van der Waals surface area contributed by atoms with E-state index in [0.717, 1.165) is 18.8 Å². The summed E-state index contributed by atoms with van der Waals surface area (Å²) in [5.74, 6) is 1.08. The predicted octanol–water partition coefficient (Wildman–Crippen LogP) is 3.16. The van der Waals surface area contributed by atoms with Crippen LogP contribution in [0.2, 0.25) is 0 Å². The first kappa shape index (κ1) is 8.88. The zero-order valence-corrected chi connectivity index (χ0v) is 8.09. The summed E-state index contributed by atoms with van der Waals surface area (Å²) < 4.78 is 0. The molecule has 1 heterocycles. The second kappa shape index (κ2) is 4.01. The molecule has 2 aromatic rings. The van der Waals surface area contributed by atoms with Crippen LogP contribution in [0.5, 0.6) is 0 Å². The van der Waals surface area contributed by atoms with E-state index in [1.165, 1.54) is 10.9 Å². The highest BCUT2D eigenvalue weighted by Crippen LogP contribution is 2.17. The van der Waals surface area contributed by atoms with Gasteiger partial charge < -0.3 is 10.3 Å². The van der Waals surface area contributed by atoms with Crippen molar-refractivity contribution in [2.24, 2.45) is 0 Å². The monoisotopic (exact) mass is 186 g/mol. The number of rotatable bonds is 4. The highest BCUT2D eigenvalue weighted by atomic mass is 15.0. The van der Waals surface area contributed by atoms with Crippen molar-refractivity contribution in [3.05, 3.63) is 43.0 Å². The zero-order valence-electron chi connectivity index (χ0n) is 8.09. The van der Waals surface area contributed by atoms with Gasteiger partial charge in [0.15, 0.2) is 0 Å². The van der Waals surface area contributed by atoms with Crippen molar-refractivity contribution < 1.29 is 0 Å². The highest BCUT2D eigenvalue weighted by Gasteiger charge is 1.97. The lowest BCUT2D eigenvalue weighted by Crippen LogP contribution is -1.99. The first-order valence-electron chi connectivity index (χ1n) is 4.82. The van der Waals surface area contributed by atoms with Crippen molar-refractivity contribution in [2.75, 3.05) is 11.9 Å². The number of nitrogens with one attached hydrogen (secondary N) is 2. The minimum atomic E-state index is 0.927. The SMILES string of the molecule is C=CCCNc1cc2ccccc2[nH]1. The predicted molar refractivity (Wildman–Crippen MR) is 61.6 cm³/mol. The fraction of sp³-hybridized carbons (Fsp3) is 0.167. The third-order valence-electron chi connectivity index (χ3n) is 2.19. The third-order valence-corrected chi connectivity index (χ3v) is 2.19. The van der Waals surface area contributed by atoms with E-state index >= 15 is 0 Å². The van der Waals surface area contributed by atoms with Crippen LogP contribution in [0.1, 0.15) is 6.42 Å². The van der Waals surface area contributed by atoms with E-state index in [0.29, 0.717) is 0 Å². The van der Waals surface area contributed by atoms with Crippen LogP contribution in [0.25, 0.3) is 10.9 Å². The molecule has 72 valence electrons. The number of aromatic amines is 1. The van der Waals surface area contributed by atoms with Gasteiger partial charge in [-0.1, -0.05) is 24.3 Å². The van der Waals surface area contributed by atoms with Crippen LogP contribution < -0.4 is 5.32 Å². The van der Waals surface area contributed by atoms with Gasteiger partial charge in [-0.05, 0) is 18.6 Å². The van der Waals surface area contributed by atoms with Gasteiger partial charge in [-0.2, -0.15) is 0 Å². The zero-order chi connectivity index (χ0) is 9.80. The number of benzene rings is 1. The van der Waals surface area contributed by atoms with Crippen LogP contribution in [0, 0.1) is 0 Å². The van der Waals surface area contributed by atoms with Crippen molar-refractivity contribution in [3.8, 4) is 0 Å². The fourth-order valence-corrected chi connectivity index (χ4v) is 1.48. The molecule has 0 unspecified atom stereocenters. The van der Waals surface area contributed by atoms with Crippen LogP contribution in [-0.4, -0.2) is 11.5 Å². The molecule has 2 N–H and O–H groups in total. The summed E-state index contributed by atoms with van der Waals surface area (Å²) in [4.78, 5) is 3.31. The molecule has 2 heteroatoms. The van der Waals surface area contributed by atoms with Crippen molar-refractivity contribution in [2.45, 2.75) is 6.42 Å². The van der Waals surface area contributed by atoms with Crippen molar-refractivity contribution in [1.82, 2.24) is 4.98 Å². The van der Waals surface area contributed by atoms with Crippen molar-refractivity contribution in [1.29, 1.82) is 0 Å². The molecular weight excluding hydrogens is 172 g/mol. The van der Waals surface area contributed by atoms with Gasteiger partial charge in [0.05, 0.1) is 0 Å². The maximum atomic E-state index is 3.68. The van der Waals surface area contributed by atoms with Gasteiger partial charge in [-0.15, -0.1) is 6.58 Å². The Bertz CT molecular complexity index is 396. The molecule has 1 aromatic heterocycles. The van der Waals surface area contributed by atoms with E-state index in [2.05, 4.69) is 35.1 Å². The Labute approximate surface area is 83.6 Å². The smallest absolute Gasteiger partial charge is 0.104 e. The Morgan fingerprint density at radius 1 is 1.36 bits per heavy atom. The van der Waals surface area contributed by atoms with Gasteiger partial charge in [0.2, 0.25) is 0 Å². The number of hydrogen-bond donors (Lipinski definition) is 2. The second-order valence-electron chi connectivity index (χ2n) is 3.27. The first-order chi connectivity index (χ1) is 6.90. The molecule has 14 heavy (non-hydrogen) atoms. The van der Waals surface area contributed by atoms with Gasteiger partial charge in [-0.3, -0.25) is 0 Å². The molecule has 0 atom stereocenters. The van der Waals surface area contributed by atoms with E-state index in [1.807, 2.05) is 18.2 Å². The number of aromatic nitrogens is 1. The number of para-hydroxylation sites is 1. The number of hydrogen-bond acceptors (Lipinski definition) is 1. The summed E-state index contributed by atoms with van der Waals surface area (Å²) >= 11 is 0. The molecule has 0 aliphatic carbocycles. The summed E-state index contributed by atoms with van der Waals surface area (Å²) in [6, 6.07) is 10.4. The molecule has 0 aliphatic rings. The van der Waals surface area contributed by atoms with Gasteiger partial charge in [0.1, 0.15) is 5.82 Å². The molecule has 0 radical (unpaired) electrons. The minimum absolute atomic E-state index is 0.927. The van der Waals surface area contributed by atoms with Crippen LogP contribution >= 0.6 is 0 Å². The Hall–Kier alpha value is -1.70. The topological polar surface area (TPSA) is 27.8 Å². The molecule has 0 amide bonds. The standard InChI is InChI=1S/C12H14N2/c1-2-3-8-13-12-9-10-6-4-5-7-11(10)14-12/h2,4-7,9,13-14H,1,3,8H2. The molecule has 2 nitrogen and oxygen atoms in total. The van der Waals surface area contributed by atoms with Crippen molar-refractivity contribution in [3.63, 3.8) is 0 Å². The highest BCUT2D eigenvalue weighted by molar-refractivity contribution is 5.83. The normalized spacial score (nSPS) is 10.3. The molecule has 0 fully saturated rings. The van der Waals surface area contributed by atoms with E-state index in [9.17, 15) is 0 Å². The molecule has 2 rings (SSSR count). The Kier molecular flexibility index (Phi) is 2.54. The molecule has 0 spiro atoms. The summed E-state index contributed by atoms with van der Waals surface area (Å²) in [6.07, 6.45) is 2.89. The van der Waals surface area contributed by atoms with Crippen LogP contribution in [0.15, 0.2) is 43.0 Å². The molecule has 0 saturated heterocycles. The lowest BCUT2D eigenvalue weighted by Gasteiger charge is -1.99. The maximum absolute atomic E-state index is 3.68. The maximum Gasteiger partial charge on any atom is 0.104 e.